The molecule has 0 radical (unpaired) electrons. The predicted octanol–water partition coefficient (Wildman–Crippen LogP) is 4.86. The fourth-order valence-electron chi connectivity index (χ4n) is 4.26. The first-order chi connectivity index (χ1) is 13.4. The van der Waals surface area contributed by atoms with Crippen molar-refractivity contribution >= 4 is 16.7 Å². The molecule has 0 bridgehead atoms. The molecule has 2 aromatic carbocycles. The van der Waals surface area contributed by atoms with Crippen molar-refractivity contribution in [2.75, 3.05) is 11.9 Å². The zero-order chi connectivity index (χ0) is 19.6. The molecule has 0 aliphatic carbocycles. The highest BCUT2D eigenvalue weighted by atomic mass is 15.4. The summed E-state index contributed by atoms with van der Waals surface area (Å²) in [6.07, 6.45) is 4.12. The normalized spacial score (nSPS) is 20.8. The lowest BCUT2D eigenvalue weighted by molar-refractivity contribution is 0.368. The van der Waals surface area contributed by atoms with Gasteiger partial charge in [0, 0.05) is 40.9 Å². The van der Waals surface area contributed by atoms with Crippen LogP contribution in [0.3, 0.4) is 0 Å². The topological polar surface area (TPSA) is 11.4 Å². The minimum atomic E-state index is -2.14. The Balaban J connectivity index is 1.77. The van der Waals surface area contributed by atoms with E-state index in [-0.39, 0.29) is 6.17 Å². The van der Waals surface area contributed by atoms with Crippen LogP contribution < -0.4 is 4.90 Å². The van der Waals surface area contributed by atoms with Gasteiger partial charge in [0.1, 0.15) is 12.0 Å². The van der Waals surface area contributed by atoms with E-state index in [0.717, 1.165) is 11.5 Å². The van der Waals surface area contributed by atoms with Gasteiger partial charge in [0.2, 0.25) is 0 Å². The van der Waals surface area contributed by atoms with Gasteiger partial charge in [-0.05, 0) is 23.6 Å². The van der Waals surface area contributed by atoms with E-state index < -0.39 is 6.98 Å². The maximum absolute atomic E-state index is 7.89. The number of hydrogen-bond donors (Lipinski definition) is 0. The highest BCUT2D eigenvalue weighted by Crippen LogP contribution is 2.45. The minimum absolute atomic E-state index is 0.195. The van der Waals surface area contributed by atoms with Gasteiger partial charge >= 0.3 is 0 Å². The second-order valence-corrected chi connectivity index (χ2v) is 7.17. The molecule has 3 heteroatoms. The number of anilines is 1. The van der Waals surface area contributed by atoms with Crippen LogP contribution in [0.1, 0.15) is 35.0 Å². The first kappa shape index (κ1) is 11.8. The van der Waals surface area contributed by atoms with Crippen LogP contribution in [0.25, 0.3) is 16.6 Å². The van der Waals surface area contributed by atoms with Gasteiger partial charge in [-0.25, -0.2) is 0 Å². The second kappa shape index (κ2) is 5.16. The smallest absolute Gasteiger partial charge is 0.123 e. The molecule has 1 aromatic heterocycles. The molecule has 0 N–H and O–H groups in total. The number of fused-ring (bicyclic) bond motifs is 5. The van der Waals surface area contributed by atoms with Crippen molar-refractivity contribution in [1.29, 1.82) is 0 Å². The minimum Gasteiger partial charge on any atom is -0.358 e. The maximum atomic E-state index is 7.89. The Morgan fingerprint density at radius 3 is 2.68 bits per heavy atom. The van der Waals surface area contributed by atoms with Crippen LogP contribution >= 0.6 is 0 Å². The third-order valence-electron chi connectivity index (χ3n) is 5.41. The Hall–Kier alpha value is -2.68. The van der Waals surface area contributed by atoms with E-state index in [4.69, 9.17) is 4.11 Å². The molecule has 126 valence electrons. The van der Waals surface area contributed by atoms with E-state index >= 15 is 0 Å². The molecular weight excluding hydrogens is 306 g/mol. The van der Waals surface area contributed by atoms with Crippen molar-refractivity contribution < 1.29 is 4.11 Å². The van der Waals surface area contributed by atoms with Crippen molar-refractivity contribution in [3.8, 4) is 5.69 Å². The molecule has 5 rings (SSSR count). The molecule has 3 nitrogen and oxygen atoms in total. The monoisotopic (exact) mass is 332 g/mol. The van der Waals surface area contributed by atoms with Crippen molar-refractivity contribution in [3.63, 3.8) is 0 Å². The van der Waals surface area contributed by atoms with Gasteiger partial charge in [-0.3, -0.25) is 4.57 Å². The molecule has 3 aromatic rings. The molecule has 1 unspecified atom stereocenters. The molecular formula is C22H23N3. The number of hydrogen-bond acceptors (Lipinski definition) is 2. The van der Waals surface area contributed by atoms with Gasteiger partial charge < -0.3 is 9.80 Å². The maximum Gasteiger partial charge on any atom is 0.123 e. The Labute approximate surface area is 153 Å². The highest BCUT2D eigenvalue weighted by Gasteiger charge is 2.38. The van der Waals surface area contributed by atoms with Crippen molar-refractivity contribution in [3.05, 3.63) is 72.1 Å². The van der Waals surface area contributed by atoms with Crippen molar-refractivity contribution in [2.24, 2.45) is 0 Å². The second-order valence-electron chi connectivity index (χ2n) is 7.17. The molecule has 0 spiro atoms. The summed E-state index contributed by atoms with van der Waals surface area (Å²) < 4.78 is 26.0. The van der Waals surface area contributed by atoms with Crippen LogP contribution in [0.5, 0.6) is 0 Å². The van der Waals surface area contributed by atoms with Crippen LogP contribution in [0, 0.1) is 0 Å². The van der Waals surface area contributed by atoms with Crippen molar-refractivity contribution in [1.82, 2.24) is 9.47 Å². The van der Waals surface area contributed by atoms with Crippen LogP contribution in [-0.2, 0) is 6.42 Å². The number of rotatable bonds is 2. The largest absolute Gasteiger partial charge is 0.358 e. The summed E-state index contributed by atoms with van der Waals surface area (Å²) in [6, 6.07) is 16.9. The molecule has 2 aliphatic heterocycles. The third-order valence-corrected chi connectivity index (χ3v) is 5.41. The molecule has 3 heterocycles. The summed E-state index contributed by atoms with van der Waals surface area (Å²) in [5, 5.41) is 1.20. The quantitative estimate of drug-likeness (QED) is 0.664. The lowest BCUT2D eigenvalue weighted by atomic mass is 10.0. The Morgan fingerprint density at radius 2 is 1.84 bits per heavy atom. The molecule has 0 fully saturated rings. The average Bonchev–Trinajstić information content (AvgIpc) is 3.30. The van der Waals surface area contributed by atoms with Crippen LogP contribution in [0.15, 0.2) is 60.9 Å². The van der Waals surface area contributed by atoms with E-state index in [1.165, 1.54) is 26.9 Å². The summed E-state index contributed by atoms with van der Waals surface area (Å²) in [6.45, 7) is 2.27. The molecule has 0 saturated carbocycles. The first-order valence-electron chi connectivity index (χ1n) is 10.3. The van der Waals surface area contributed by atoms with Gasteiger partial charge in [-0.2, -0.15) is 0 Å². The van der Waals surface area contributed by atoms with Gasteiger partial charge in [0.05, 0.1) is 11.2 Å². The number of likely N-dealkylation sites (N-methyl/N-ethyl adjacent to an activating group) is 1. The number of nitrogens with zero attached hydrogens (tertiary/aromatic N) is 3. The van der Waals surface area contributed by atoms with Gasteiger partial charge in [0.15, 0.2) is 0 Å². The van der Waals surface area contributed by atoms with Gasteiger partial charge in [-0.1, -0.05) is 50.2 Å². The van der Waals surface area contributed by atoms with E-state index in [2.05, 4.69) is 71.8 Å². The first-order valence-corrected chi connectivity index (χ1v) is 8.84. The fraction of sp³-hybridized carbons (Fsp3) is 0.273. The molecule has 0 amide bonds. The van der Waals surface area contributed by atoms with E-state index in [9.17, 15) is 0 Å². The van der Waals surface area contributed by atoms with E-state index in [1.54, 1.807) is 6.20 Å². The molecule has 2 aliphatic rings. The summed E-state index contributed by atoms with van der Waals surface area (Å²) in [4.78, 5) is 3.62. The van der Waals surface area contributed by atoms with Crippen LogP contribution in [0.4, 0.5) is 5.82 Å². The van der Waals surface area contributed by atoms with E-state index in [1.807, 2.05) is 6.20 Å². The number of para-hydroxylation sites is 2. The molecule has 0 saturated heterocycles. The predicted molar refractivity (Wildman–Crippen MR) is 104 cm³/mol. The lowest BCUT2D eigenvalue weighted by Crippen LogP contribution is -2.34. The lowest BCUT2D eigenvalue weighted by Gasteiger charge is -2.26. The summed E-state index contributed by atoms with van der Waals surface area (Å²) in [5.41, 5.74) is 4.83. The summed E-state index contributed by atoms with van der Waals surface area (Å²) >= 11 is 0. The number of aromatic nitrogens is 1. The zero-order valence-electron chi connectivity index (χ0n) is 17.5. The Kier molecular flexibility index (Phi) is 2.43. The summed E-state index contributed by atoms with van der Waals surface area (Å²) in [7, 11) is 0. The van der Waals surface area contributed by atoms with E-state index in [0.29, 0.717) is 12.3 Å². The Morgan fingerprint density at radius 1 is 1.04 bits per heavy atom. The van der Waals surface area contributed by atoms with Gasteiger partial charge in [-0.15, -0.1) is 0 Å². The molecule has 25 heavy (non-hydrogen) atoms. The van der Waals surface area contributed by atoms with Gasteiger partial charge in [0.25, 0.3) is 0 Å². The van der Waals surface area contributed by atoms with Crippen molar-refractivity contribution in [2.45, 2.75) is 32.4 Å². The fourth-order valence-corrected chi connectivity index (χ4v) is 4.26. The molecule has 1 atom stereocenters. The Bertz CT molecular complexity index is 1090. The zero-order valence-corrected chi connectivity index (χ0v) is 14.5. The highest BCUT2D eigenvalue weighted by molar-refractivity contribution is 5.94. The third kappa shape index (κ3) is 1.92. The standard InChI is InChI=1S/C22H23N3/c1-15(2)16-8-4-6-10-19(16)25-20-11-7-5-9-17(20)18-14-21-23(3)12-13-24(21)22(18)25/h4-13,15,21H,14H2,1-3H3/i3D3. The van der Waals surface area contributed by atoms with Crippen LogP contribution in [0.2, 0.25) is 0 Å². The van der Waals surface area contributed by atoms with Crippen LogP contribution in [-0.4, -0.2) is 22.6 Å². The average molecular weight is 332 g/mol. The number of benzene rings is 2. The SMILES string of the molecule is [2H]C([2H])([2H])N1C=CN2c3c(c4ccccc4n3-c3ccccc3C(C)C)CC21. The summed E-state index contributed by atoms with van der Waals surface area (Å²) in [5.74, 6) is 1.47.